The number of hydrogen-bond donors (Lipinski definition) is 0. The van der Waals surface area contributed by atoms with Gasteiger partial charge in [0.05, 0.1) is 11.5 Å². The molecule has 1 aromatic carbocycles. The molecule has 1 aliphatic rings. The molecule has 1 aliphatic heterocycles. The molecule has 0 amide bonds. The van der Waals surface area contributed by atoms with Gasteiger partial charge in [-0.3, -0.25) is 0 Å². The van der Waals surface area contributed by atoms with Crippen LogP contribution in [0.1, 0.15) is 32.3 Å². The zero-order valence-electron chi connectivity index (χ0n) is 12.5. The van der Waals surface area contributed by atoms with E-state index >= 15 is 0 Å². The summed E-state index contributed by atoms with van der Waals surface area (Å²) in [4.78, 5) is 14.0. The van der Waals surface area contributed by atoms with Crippen molar-refractivity contribution in [2.45, 2.75) is 38.2 Å². The first-order valence-corrected chi connectivity index (χ1v) is 7.54. The van der Waals surface area contributed by atoms with E-state index in [-0.39, 0.29) is 0 Å². The third-order valence-corrected chi connectivity index (χ3v) is 4.18. The van der Waals surface area contributed by atoms with Gasteiger partial charge < -0.3 is 14.4 Å². The number of nitrogens with zero attached hydrogens (tertiary/aromatic N) is 1. The molecule has 0 spiro atoms. The van der Waals surface area contributed by atoms with Crippen molar-refractivity contribution in [2.24, 2.45) is 0 Å². The topological polar surface area (TPSA) is 29.5 Å². The summed E-state index contributed by atoms with van der Waals surface area (Å²) in [7, 11) is 0. The van der Waals surface area contributed by atoms with Crippen molar-refractivity contribution < 1.29 is 9.53 Å². The number of likely N-dealkylation sites (tertiary alicyclic amines) is 1. The zero-order chi connectivity index (χ0) is 14.4. The third-order valence-electron chi connectivity index (χ3n) is 4.18. The molecule has 1 heterocycles. The van der Waals surface area contributed by atoms with E-state index in [4.69, 9.17) is 4.74 Å². The lowest BCUT2D eigenvalue weighted by atomic mass is 9.83. The first-order valence-electron chi connectivity index (χ1n) is 7.54. The summed E-state index contributed by atoms with van der Waals surface area (Å²) in [5, 5.41) is 0. The minimum absolute atomic E-state index is 0.399. The molecule has 20 heavy (non-hydrogen) atoms. The van der Waals surface area contributed by atoms with Crippen molar-refractivity contribution in [3.8, 4) is 0 Å². The molecule has 0 radical (unpaired) electrons. The van der Waals surface area contributed by atoms with Crippen molar-refractivity contribution in [3.05, 3.63) is 35.9 Å². The first-order chi connectivity index (χ1) is 9.68. The van der Waals surface area contributed by atoms with E-state index in [0.29, 0.717) is 6.10 Å². The maximum atomic E-state index is 11.6. The fraction of sp³-hybridized carbons (Fsp3) is 0.588. The van der Waals surface area contributed by atoms with Gasteiger partial charge in [-0.05, 0) is 32.3 Å². The van der Waals surface area contributed by atoms with Crippen molar-refractivity contribution in [1.82, 2.24) is 4.90 Å². The highest BCUT2D eigenvalue weighted by Gasteiger charge is 2.30. The summed E-state index contributed by atoms with van der Waals surface area (Å²) in [6.45, 7) is 7.69. The Bertz CT molecular complexity index is 412. The molecule has 1 saturated heterocycles. The Balaban J connectivity index is 1.96. The predicted molar refractivity (Wildman–Crippen MR) is 80.9 cm³/mol. The van der Waals surface area contributed by atoms with Crippen molar-refractivity contribution in [1.29, 1.82) is 0 Å². The van der Waals surface area contributed by atoms with Crippen LogP contribution in [-0.4, -0.2) is 43.5 Å². The van der Waals surface area contributed by atoms with Crippen LogP contribution in [0.5, 0.6) is 0 Å². The van der Waals surface area contributed by atoms with Gasteiger partial charge in [0.15, 0.2) is 0 Å². The second-order valence-corrected chi connectivity index (χ2v) is 5.83. The maximum absolute atomic E-state index is 11.6. The van der Waals surface area contributed by atoms with E-state index < -0.39 is 5.41 Å². The lowest BCUT2D eigenvalue weighted by Gasteiger charge is -2.36. The number of carbonyl (C=O) groups excluding carboxylic acids is 1. The van der Waals surface area contributed by atoms with E-state index in [9.17, 15) is 4.79 Å². The fourth-order valence-electron chi connectivity index (χ4n) is 2.95. The summed E-state index contributed by atoms with van der Waals surface area (Å²) in [6.07, 6.45) is 3.63. The minimum atomic E-state index is -0.417. The third kappa shape index (κ3) is 3.68. The summed E-state index contributed by atoms with van der Waals surface area (Å²) >= 11 is 0. The number of aldehydes is 1. The fourth-order valence-corrected chi connectivity index (χ4v) is 2.95. The van der Waals surface area contributed by atoms with Gasteiger partial charge >= 0.3 is 0 Å². The summed E-state index contributed by atoms with van der Waals surface area (Å²) in [5.74, 6) is 0. The molecular formula is C17H25NO2. The molecule has 110 valence electrons. The molecule has 3 heteroatoms. The zero-order valence-corrected chi connectivity index (χ0v) is 12.5. The molecule has 1 unspecified atom stereocenters. The SMILES string of the molecule is CCOC1CCN(CC(C)(C=O)c2ccccc2)CC1. The predicted octanol–water partition coefficient (Wildman–Crippen LogP) is 2.64. The Morgan fingerprint density at radius 3 is 2.50 bits per heavy atom. The van der Waals surface area contributed by atoms with E-state index in [0.717, 1.165) is 50.9 Å². The van der Waals surface area contributed by atoms with Crippen LogP contribution in [0, 0.1) is 0 Å². The summed E-state index contributed by atoms with van der Waals surface area (Å²) in [5.41, 5.74) is 0.682. The van der Waals surface area contributed by atoms with Crippen LogP contribution in [-0.2, 0) is 14.9 Å². The van der Waals surface area contributed by atoms with E-state index in [2.05, 4.69) is 4.90 Å². The second kappa shape index (κ2) is 7.00. The highest BCUT2D eigenvalue weighted by Crippen LogP contribution is 2.24. The number of piperidine rings is 1. The largest absolute Gasteiger partial charge is 0.378 e. The first kappa shape index (κ1) is 15.2. The molecule has 0 aromatic heterocycles. The van der Waals surface area contributed by atoms with E-state index in [1.165, 1.54) is 0 Å². The highest BCUT2D eigenvalue weighted by molar-refractivity contribution is 5.68. The molecule has 1 aromatic rings. The normalized spacial score (nSPS) is 20.5. The number of ether oxygens (including phenoxy) is 1. The average Bonchev–Trinajstić information content (AvgIpc) is 2.50. The van der Waals surface area contributed by atoms with Crippen LogP contribution in [0.25, 0.3) is 0 Å². The maximum Gasteiger partial charge on any atom is 0.131 e. The van der Waals surface area contributed by atoms with Gasteiger partial charge in [0.25, 0.3) is 0 Å². The van der Waals surface area contributed by atoms with E-state index in [1.54, 1.807) is 0 Å². The highest BCUT2D eigenvalue weighted by atomic mass is 16.5. The minimum Gasteiger partial charge on any atom is -0.378 e. The van der Waals surface area contributed by atoms with Crippen LogP contribution in [0.3, 0.4) is 0 Å². The lowest BCUT2D eigenvalue weighted by molar-refractivity contribution is -0.113. The number of rotatable bonds is 6. The van der Waals surface area contributed by atoms with Crippen molar-refractivity contribution in [2.75, 3.05) is 26.2 Å². The number of benzene rings is 1. The molecule has 0 N–H and O–H groups in total. The van der Waals surface area contributed by atoms with Crippen LogP contribution >= 0.6 is 0 Å². The molecule has 0 bridgehead atoms. The van der Waals surface area contributed by atoms with E-state index in [1.807, 2.05) is 44.2 Å². The van der Waals surface area contributed by atoms with Crippen LogP contribution in [0.2, 0.25) is 0 Å². The smallest absolute Gasteiger partial charge is 0.131 e. The summed E-state index contributed by atoms with van der Waals surface area (Å²) < 4.78 is 5.68. The Hall–Kier alpha value is -1.19. The van der Waals surface area contributed by atoms with Gasteiger partial charge in [0, 0.05) is 26.2 Å². The number of carbonyl (C=O) groups is 1. The monoisotopic (exact) mass is 275 g/mol. The van der Waals surface area contributed by atoms with Gasteiger partial charge in [-0.1, -0.05) is 30.3 Å². The lowest BCUT2D eigenvalue weighted by Crippen LogP contribution is -2.45. The van der Waals surface area contributed by atoms with Gasteiger partial charge in [-0.2, -0.15) is 0 Å². The van der Waals surface area contributed by atoms with Gasteiger partial charge in [0.2, 0.25) is 0 Å². The quantitative estimate of drug-likeness (QED) is 0.748. The average molecular weight is 275 g/mol. The Labute approximate surface area is 121 Å². The Morgan fingerprint density at radius 1 is 1.30 bits per heavy atom. The molecule has 1 atom stereocenters. The Kier molecular flexibility index (Phi) is 5.32. The van der Waals surface area contributed by atoms with Crippen molar-refractivity contribution >= 4 is 6.29 Å². The van der Waals surface area contributed by atoms with Gasteiger partial charge in [-0.15, -0.1) is 0 Å². The molecular weight excluding hydrogens is 250 g/mol. The second-order valence-electron chi connectivity index (χ2n) is 5.83. The molecule has 1 fully saturated rings. The molecule has 0 aliphatic carbocycles. The van der Waals surface area contributed by atoms with Crippen LogP contribution < -0.4 is 0 Å². The van der Waals surface area contributed by atoms with Crippen molar-refractivity contribution in [3.63, 3.8) is 0 Å². The van der Waals surface area contributed by atoms with Crippen LogP contribution in [0.4, 0.5) is 0 Å². The summed E-state index contributed by atoms with van der Waals surface area (Å²) in [6, 6.07) is 10.1. The molecule has 3 nitrogen and oxygen atoms in total. The van der Waals surface area contributed by atoms with Gasteiger partial charge in [-0.25, -0.2) is 0 Å². The standard InChI is InChI=1S/C17H25NO2/c1-3-20-16-9-11-18(12-10-16)13-17(2,14-19)15-7-5-4-6-8-15/h4-8,14,16H,3,9-13H2,1-2H3. The Morgan fingerprint density at radius 2 is 1.95 bits per heavy atom. The molecule has 0 saturated carbocycles. The van der Waals surface area contributed by atoms with Gasteiger partial charge in [0.1, 0.15) is 6.29 Å². The van der Waals surface area contributed by atoms with Crippen LogP contribution in [0.15, 0.2) is 30.3 Å². The molecule has 2 rings (SSSR count). The number of hydrogen-bond acceptors (Lipinski definition) is 3.